The lowest BCUT2D eigenvalue weighted by Crippen LogP contribution is -2.33. The number of methoxy groups -OCH3 is 1. The highest BCUT2D eigenvalue weighted by molar-refractivity contribution is 7.99. The summed E-state index contributed by atoms with van der Waals surface area (Å²) >= 11 is 1.88. The quantitative estimate of drug-likeness (QED) is 0.596. The zero-order valence-electron chi connectivity index (χ0n) is 11.7. The van der Waals surface area contributed by atoms with Crippen LogP contribution in [0.25, 0.3) is 0 Å². The molecule has 0 saturated carbocycles. The minimum absolute atomic E-state index is 0.111. The highest BCUT2D eigenvalue weighted by Gasteiger charge is 2.11. The number of thioether (sulfide) groups is 1. The second-order valence-corrected chi connectivity index (χ2v) is 5.75. The van der Waals surface area contributed by atoms with Gasteiger partial charge in [-0.1, -0.05) is 6.92 Å². The molecule has 1 unspecified atom stereocenters. The molecule has 5 heteroatoms. The summed E-state index contributed by atoms with van der Waals surface area (Å²) in [4.78, 5) is 12.1. The minimum atomic E-state index is -0.111. The Balaban J connectivity index is 2.59. The van der Waals surface area contributed by atoms with Crippen LogP contribution in [0.5, 0.6) is 5.75 Å². The summed E-state index contributed by atoms with van der Waals surface area (Å²) in [6.45, 7) is 4.14. The number of benzene rings is 1. The number of hydrogen-bond acceptors (Lipinski definition) is 4. The summed E-state index contributed by atoms with van der Waals surface area (Å²) in [5, 5.41) is 2.97. The summed E-state index contributed by atoms with van der Waals surface area (Å²) in [5.41, 5.74) is 6.80. The Hall–Kier alpha value is -1.36. The molecule has 0 radical (unpaired) electrons. The monoisotopic (exact) mass is 282 g/mol. The highest BCUT2D eigenvalue weighted by atomic mass is 32.2. The van der Waals surface area contributed by atoms with E-state index >= 15 is 0 Å². The van der Waals surface area contributed by atoms with Crippen molar-refractivity contribution in [1.29, 1.82) is 0 Å². The third kappa shape index (κ3) is 5.42. The molecule has 0 heterocycles. The van der Waals surface area contributed by atoms with Gasteiger partial charge in [-0.15, -0.1) is 0 Å². The van der Waals surface area contributed by atoms with Crippen LogP contribution in [0.1, 0.15) is 30.6 Å². The standard InChI is InChI=1S/C14H22N2O2S/c1-4-19-6-5-10(2)16-14(17)11-7-12(15)9-13(8-11)18-3/h7-10H,4-6,15H2,1-3H3,(H,16,17). The Bertz CT molecular complexity index is 424. The van der Waals surface area contributed by atoms with E-state index in [1.807, 2.05) is 18.7 Å². The van der Waals surface area contributed by atoms with Crippen LogP contribution < -0.4 is 15.8 Å². The Morgan fingerprint density at radius 1 is 1.47 bits per heavy atom. The van der Waals surface area contributed by atoms with Gasteiger partial charge in [0.1, 0.15) is 5.75 Å². The van der Waals surface area contributed by atoms with Crippen molar-refractivity contribution in [2.75, 3.05) is 24.3 Å². The molecule has 3 N–H and O–H groups in total. The van der Waals surface area contributed by atoms with E-state index in [9.17, 15) is 4.79 Å². The lowest BCUT2D eigenvalue weighted by atomic mass is 10.1. The Kier molecular flexibility index (Phi) is 6.56. The second-order valence-electron chi connectivity index (χ2n) is 4.35. The molecule has 0 saturated heterocycles. The van der Waals surface area contributed by atoms with Gasteiger partial charge in [-0.25, -0.2) is 0 Å². The molecule has 1 rings (SSSR count). The van der Waals surface area contributed by atoms with E-state index in [2.05, 4.69) is 12.2 Å². The van der Waals surface area contributed by atoms with Gasteiger partial charge in [-0.2, -0.15) is 11.8 Å². The van der Waals surface area contributed by atoms with Crippen molar-refractivity contribution in [3.05, 3.63) is 23.8 Å². The smallest absolute Gasteiger partial charge is 0.251 e. The molecule has 0 bridgehead atoms. The zero-order chi connectivity index (χ0) is 14.3. The number of nitrogen functional groups attached to an aromatic ring is 1. The Morgan fingerprint density at radius 2 is 2.21 bits per heavy atom. The van der Waals surface area contributed by atoms with Crippen LogP contribution in [0.2, 0.25) is 0 Å². The van der Waals surface area contributed by atoms with E-state index in [1.54, 1.807) is 25.3 Å². The van der Waals surface area contributed by atoms with E-state index in [1.165, 1.54) is 0 Å². The summed E-state index contributed by atoms with van der Waals surface area (Å²) < 4.78 is 5.11. The molecule has 0 spiro atoms. The lowest BCUT2D eigenvalue weighted by Gasteiger charge is -2.14. The molecule has 106 valence electrons. The van der Waals surface area contributed by atoms with Gasteiger partial charge in [0.15, 0.2) is 0 Å². The average Bonchev–Trinajstić information content (AvgIpc) is 2.38. The first-order valence-corrected chi connectivity index (χ1v) is 7.55. The maximum Gasteiger partial charge on any atom is 0.251 e. The van der Waals surface area contributed by atoms with E-state index < -0.39 is 0 Å². The fourth-order valence-corrected chi connectivity index (χ4v) is 2.46. The molecule has 4 nitrogen and oxygen atoms in total. The largest absolute Gasteiger partial charge is 0.497 e. The number of nitrogens with one attached hydrogen (secondary N) is 1. The first kappa shape index (κ1) is 15.7. The van der Waals surface area contributed by atoms with Crippen molar-refractivity contribution in [2.24, 2.45) is 0 Å². The highest BCUT2D eigenvalue weighted by Crippen LogP contribution is 2.18. The molecule has 1 atom stereocenters. The number of carbonyl (C=O) groups excluding carboxylic acids is 1. The predicted octanol–water partition coefficient (Wildman–Crippen LogP) is 2.54. The number of amides is 1. The van der Waals surface area contributed by atoms with Crippen molar-refractivity contribution >= 4 is 23.4 Å². The van der Waals surface area contributed by atoms with E-state index in [-0.39, 0.29) is 11.9 Å². The molecule has 1 amide bonds. The number of carbonyl (C=O) groups is 1. The van der Waals surface area contributed by atoms with Crippen LogP contribution in [-0.4, -0.2) is 30.6 Å². The number of ether oxygens (including phenoxy) is 1. The first-order chi connectivity index (χ1) is 9.06. The van der Waals surface area contributed by atoms with Crippen LogP contribution in [0.4, 0.5) is 5.69 Å². The minimum Gasteiger partial charge on any atom is -0.497 e. The number of anilines is 1. The third-order valence-corrected chi connectivity index (χ3v) is 3.64. The van der Waals surface area contributed by atoms with Gasteiger partial charge < -0.3 is 15.8 Å². The number of hydrogen-bond donors (Lipinski definition) is 2. The molecule has 1 aromatic carbocycles. The van der Waals surface area contributed by atoms with Crippen LogP contribution >= 0.6 is 11.8 Å². The predicted molar refractivity (Wildman–Crippen MR) is 82.0 cm³/mol. The van der Waals surface area contributed by atoms with Crippen molar-refractivity contribution in [3.63, 3.8) is 0 Å². The fourth-order valence-electron chi connectivity index (χ4n) is 1.65. The first-order valence-electron chi connectivity index (χ1n) is 6.40. The normalized spacial score (nSPS) is 11.9. The van der Waals surface area contributed by atoms with E-state index in [0.717, 1.165) is 17.9 Å². The third-order valence-electron chi connectivity index (χ3n) is 2.70. The zero-order valence-corrected chi connectivity index (χ0v) is 12.5. The van der Waals surface area contributed by atoms with Crippen molar-refractivity contribution in [1.82, 2.24) is 5.32 Å². The molecule has 0 aromatic heterocycles. The molecule has 0 aliphatic carbocycles. The van der Waals surface area contributed by atoms with Crippen LogP contribution in [0, 0.1) is 0 Å². The lowest BCUT2D eigenvalue weighted by molar-refractivity contribution is 0.0939. The fraction of sp³-hybridized carbons (Fsp3) is 0.500. The average molecular weight is 282 g/mol. The van der Waals surface area contributed by atoms with Gasteiger partial charge in [0.2, 0.25) is 0 Å². The molecule has 0 aliphatic heterocycles. The van der Waals surface area contributed by atoms with Gasteiger partial charge in [0, 0.05) is 23.4 Å². The summed E-state index contributed by atoms with van der Waals surface area (Å²) in [6.07, 6.45) is 0.962. The summed E-state index contributed by atoms with van der Waals surface area (Å²) in [6, 6.07) is 5.20. The molecule has 0 fully saturated rings. The second kappa shape index (κ2) is 7.94. The molecule has 19 heavy (non-hydrogen) atoms. The molecule has 0 aliphatic rings. The van der Waals surface area contributed by atoms with Crippen molar-refractivity contribution in [2.45, 2.75) is 26.3 Å². The Morgan fingerprint density at radius 3 is 2.84 bits per heavy atom. The van der Waals surface area contributed by atoms with Crippen molar-refractivity contribution < 1.29 is 9.53 Å². The maximum absolute atomic E-state index is 12.1. The van der Waals surface area contributed by atoms with Gasteiger partial charge in [0.05, 0.1) is 7.11 Å². The summed E-state index contributed by atoms with van der Waals surface area (Å²) in [7, 11) is 1.56. The molecular formula is C14H22N2O2S. The van der Waals surface area contributed by atoms with Crippen LogP contribution in [0.15, 0.2) is 18.2 Å². The van der Waals surface area contributed by atoms with E-state index in [0.29, 0.717) is 17.0 Å². The van der Waals surface area contributed by atoms with Crippen molar-refractivity contribution in [3.8, 4) is 5.75 Å². The topological polar surface area (TPSA) is 64.4 Å². The van der Waals surface area contributed by atoms with Gasteiger partial charge in [0.25, 0.3) is 5.91 Å². The summed E-state index contributed by atoms with van der Waals surface area (Å²) in [5.74, 6) is 2.64. The maximum atomic E-state index is 12.1. The molecular weight excluding hydrogens is 260 g/mol. The van der Waals surface area contributed by atoms with Gasteiger partial charge >= 0.3 is 0 Å². The van der Waals surface area contributed by atoms with Gasteiger partial charge in [-0.05, 0) is 37.0 Å². The van der Waals surface area contributed by atoms with E-state index in [4.69, 9.17) is 10.5 Å². The number of rotatable bonds is 7. The SMILES string of the molecule is CCSCCC(C)NC(=O)c1cc(N)cc(OC)c1. The van der Waals surface area contributed by atoms with Crippen LogP contribution in [0.3, 0.4) is 0 Å². The van der Waals surface area contributed by atoms with Crippen LogP contribution in [-0.2, 0) is 0 Å². The Labute approximate surface area is 119 Å². The number of nitrogens with two attached hydrogens (primary N) is 1. The van der Waals surface area contributed by atoms with Gasteiger partial charge in [-0.3, -0.25) is 4.79 Å². The molecule has 1 aromatic rings.